The van der Waals surface area contributed by atoms with Gasteiger partial charge in [-0.1, -0.05) is 41.9 Å². The van der Waals surface area contributed by atoms with Crippen molar-refractivity contribution >= 4 is 17.5 Å². The van der Waals surface area contributed by atoms with Crippen LogP contribution in [0.15, 0.2) is 95.6 Å². The van der Waals surface area contributed by atoms with Gasteiger partial charge in [-0.15, -0.1) is 0 Å². The van der Waals surface area contributed by atoms with Crippen molar-refractivity contribution < 1.29 is 18.7 Å². The first-order valence-corrected chi connectivity index (χ1v) is 12.5. The lowest BCUT2D eigenvalue weighted by atomic mass is 9.96. The Morgan fingerprint density at radius 1 is 0.974 bits per heavy atom. The first kappa shape index (κ1) is 23.9. The lowest BCUT2D eigenvalue weighted by molar-refractivity contribution is 0.0717. The number of amides is 1. The molecule has 0 radical (unpaired) electrons. The average molecular weight is 526 g/mol. The number of hydrogen-bond donors (Lipinski definition) is 1. The van der Waals surface area contributed by atoms with Gasteiger partial charge in [0.15, 0.2) is 0 Å². The fourth-order valence-corrected chi connectivity index (χ4v) is 4.96. The summed E-state index contributed by atoms with van der Waals surface area (Å²) in [6.07, 6.45) is 1.61. The van der Waals surface area contributed by atoms with E-state index < -0.39 is 0 Å². The van der Waals surface area contributed by atoms with Gasteiger partial charge in [-0.25, -0.2) is 0 Å². The number of aromatic amines is 1. The van der Waals surface area contributed by atoms with Crippen molar-refractivity contribution in [3.05, 3.63) is 124 Å². The molecule has 0 fully saturated rings. The smallest absolute Gasteiger partial charge is 0.273 e. The van der Waals surface area contributed by atoms with Crippen molar-refractivity contribution in [1.29, 1.82) is 0 Å². The third kappa shape index (κ3) is 4.41. The average Bonchev–Trinajstić information content (AvgIpc) is 3.68. The van der Waals surface area contributed by atoms with Crippen LogP contribution in [0.25, 0.3) is 11.3 Å². The molecule has 8 heteroatoms. The second-order valence-electron chi connectivity index (χ2n) is 8.95. The minimum absolute atomic E-state index is 0.132. The van der Waals surface area contributed by atoms with E-state index in [4.69, 9.17) is 25.5 Å². The van der Waals surface area contributed by atoms with Gasteiger partial charge in [0.2, 0.25) is 0 Å². The highest BCUT2D eigenvalue weighted by molar-refractivity contribution is 6.31. The number of ether oxygens (including phenoxy) is 2. The molecule has 3 aromatic carbocycles. The number of fused-ring (bicyclic) bond motifs is 1. The van der Waals surface area contributed by atoms with E-state index in [1.165, 1.54) is 0 Å². The SMILES string of the molecule is COc1ccc(-c2n[nH]c3c2C(c2ccc(OCc4ccccc4Cl)cc2)N(Cc2ccco2)C3=O)cc1. The molecule has 0 saturated heterocycles. The number of methoxy groups -OCH3 is 1. The quantitative estimate of drug-likeness (QED) is 0.245. The number of hydrogen-bond acceptors (Lipinski definition) is 5. The van der Waals surface area contributed by atoms with Crippen LogP contribution in [0, 0.1) is 0 Å². The lowest BCUT2D eigenvalue weighted by Gasteiger charge is -2.25. The number of nitrogens with one attached hydrogen (secondary N) is 1. The molecule has 1 aliphatic rings. The Morgan fingerprint density at radius 2 is 1.74 bits per heavy atom. The Labute approximate surface area is 224 Å². The second-order valence-corrected chi connectivity index (χ2v) is 9.36. The Morgan fingerprint density at radius 3 is 2.45 bits per heavy atom. The largest absolute Gasteiger partial charge is 0.497 e. The maximum Gasteiger partial charge on any atom is 0.273 e. The van der Waals surface area contributed by atoms with E-state index in [0.29, 0.717) is 35.4 Å². The summed E-state index contributed by atoms with van der Waals surface area (Å²) in [5.41, 5.74) is 4.77. The van der Waals surface area contributed by atoms with Crippen LogP contribution >= 0.6 is 11.6 Å². The zero-order valence-corrected chi connectivity index (χ0v) is 21.3. The Balaban J connectivity index is 1.34. The predicted molar refractivity (Wildman–Crippen MR) is 143 cm³/mol. The standard InChI is InChI=1S/C30H24ClN3O4/c1-36-22-12-8-19(9-13-22)27-26-28(33-32-27)30(35)34(17-24-6-4-16-37-24)29(26)20-10-14-23(15-11-20)38-18-21-5-2-3-7-25(21)31/h2-16,29H,17-18H2,1H3,(H,32,33). The minimum Gasteiger partial charge on any atom is -0.497 e. The first-order valence-electron chi connectivity index (χ1n) is 12.1. The van der Waals surface area contributed by atoms with Crippen molar-refractivity contribution in [3.63, 3.8) is 0 Å². The third-order valence-electron chi connectivity index (χ3n) is 6.68. The van der Waals surface area contributed by atoms with Gasteiger partial charge in [-0.05, 0) is 60.2 Å². The lowest BCUT2D eigenvalue weighted by Crippen LogP contribution is -2.28. The van der Waals surface area contributed by atoms with E-state index in [2.05, 4.69) is 10.2 Å². The Hall–Kier alpha value is -4.49. The van der Waals surface area contributed by atoms with Crippen LogP contribution in [0.5, 0.6) is 11.5 Å². The summed E-state index contributed by atoms with van der Waals surface area (Å²) in [6, 6.07) is 26.4. The highest BCUT2D eigenvalue weighted by Crippen LogP contribution is 2.44. The normalized spacial score (nSPS) is 14.5. The summed E-state index contributed by atoms with van der Waals surface area (Å²) in [5.74, 6) is 2.03. The molecule has 38 heavy (non-hydrogen) atoms. The number of rotatable bonds is 8. The van der Waals surface area contributed by atoms with Gasteiger partial charge >= 0.3 is 0 Å². The van der Waals surface area contributed by atoms with Crippen molar-refractivity contribution in [2.45, 2.75) is 19.2 Å². The molecule has 1 aliphatic heterocycles. The fourth-order valence-electron chi connectivity index (χ4n) is 4.77. The van der Waals surface area contributed by atoms with Crippen molar-refractivity contribution in [1.82, 2.24) is 15.1 Å². The summed E-state index contributed by atoms with van der Waals surface area (Å²) in [7, 11) is 1.63. The van der Waals surface area contributed by atoms with Gasteiger partial charge in [0, 0.05) is 21.7 Å². The van der Waals surface area contributed by atoms with Gasteiger partial charge in [-0.3, -0.25) is 9.89 Å². The molecule has 1 atom stereocenters. The number of carbonyl (C=O) groups is 1. The zero-order valence-electron chi connectivity index (χ0n) is 20.6. The molecule has 3 heterocycles. The van der Waals surface area contributed by atoms with Crippen LogP contribution in [0.4, 0.5) is 0 Å². The summed E-state index contributed by atoms with van der Waals surface area (Å²) in [4.78, 5) is 15.4. The van der Waals surface area contributed by atoms with E-state index >= 15 is 0 Å². The molecule has 0 saturated carbocycles. The number of furan rings is 1. The first-order chi connectivity index (χ1) is 18.6. The molecule has 0 spiro atoms. The highest BCUT2D eigenvalue weighted by atomic mass is 35.5. The Kier molecular flexibility index (Phi) is 6.35. The van der Waals surface area contributed by atoms with Gasteiger partial charge in [0.1, 0.15) is 29.6 Å². The molecule has 0 bridgehead atoms. The molecular formula is C30H24ClN3O4. The summed E-state index contributed by atoms with van der Waals surface area (Å²) < 4.78 is 16.9. The molecule has 2 aromatic heterocycles. The molecule has 190 valence electrons. The van der Waals surface area contributed by atoms with E-state index in [1.807, 2.05) is 84.9 Å². The maximum atomic E-state index is 13.6. The molecule has 5 aromatic rings. The van der Waals surface area contributed by atoms with E-state index in [1.54, 1.807) is 18.3 Å². The van der Waals surface area contributed by atoms with E-state index in [9.17, 15) is 4.79 Å². The van der Waals surface area contributed by atoms with Gasteiger partial charge < -0.3 is 18.8 Å². The predicted octanol–water partition coefficient (Wildman–Crippen LogP) is 6.66. The second kappa shape index (κ2) is 10.1. The van der Waals surface area contributed by atoms with Crippen LogP contribution in [-0.2, 0) is 13.2 Å². The number of benzene rings is 3. The number of halogens is 1. The van der Waals surface area contributed by atoms with E-state index in [-0.39, 0.29) is 11.9 Å². The molecule has 6 rings (SSSR count). The van der Waals surface area contributed by atoms with Crippen LogP contribution in [0.1, 0.15) is 39.0 Å². The molecular weight excluding hydrogens is 502 g/mol. The van der Waals surface area contributed by atoms with Crippen molar-refractivity contribution in [2.75, 3.05) is 7.11 Å². The van der Waals surface area contributed by atoms with Crippen LogP contribution in [-0.4, -0.2) is 28.1 Å². The van der Waals surface area contributed by atoms with Crippen molar-refractivity contribution in [2.24, 2.45) is 0 Å². The van der Waals surface area contributed by atoms with E-state index in [0.717, 1.165) is 33.7 Å². The van der Waals surface area contributed by atoms with Crippen LogP contribution in [0.2, 0.25) is 5.02 Å². The Bertz CT molecular complexity index is 1560. The number of H-pyrrole nitrogens is 1. The monoisotopic (exact) mass is 525 g/mol. The summed E-state index contributed by atoms with van der Waals surface area (Å²) in [5, 5.41) is 8.19. The molecule has 1 unspecified atom stereocenters. The molecule has 0 aliphatic carbocycles. The molecule has 1 N–H and O–H groups in total. The van der Waals surface area contributed by atoms with Crippen LogP contribution in [0.3, 0.4) is 0 Å². The van der Waals surface area contributed by atoms with Crippen LogP contribution < -0.4 is 9.47 Å². The van der Waals surface area contributed by atoms with Gasteiger partial charge in [0.25, 0.3) is 5.91 Å². The minimum atomic E-state index is -0.365. The van der Waals surface area contributed by atoms with Crippen molar-refractivity contribution in [3.8, 4) is 22.8 Å². The van der Waals surface area contributed by atoms with Gasteiger partial charge in [0.05, 0.1) is 31.7 Å². The highest BCUT2D eigenvalue weighted by Gasteiger charge is 2.42. The number of nitrogens with zero attached hydrogens (tertiary/aromatic N) is 2. The summed E-state index contributed by atoms with van der Waals surface area (Å²) in [6.45, 7) is 0.685. The zero-order chi connectivity index (χ0) is 26.1. The van der Waals surface area contributed by atoms with Gasteiger partial charge in [-0.2, -0.15) is 5.10 Å². The topological polar surface area (TPSA) is 80.6 Å². The summed E-state index contributed by atoms with van der Waals surface area (Å²) >= 11 is 6.27. The maximum absolute atomic E-state index is 13.6. The number of carbonyl (C=O) groups excluding carboxylic acids is 1. The fraction of sp³-hybridized carbons (Fsp3) is 0.133. The molecule has 1 amide bonds. The molecule has 7 nitrogen and oxygen atoms in total. The number of aromatic nitrogens is 2. The third-order valence-corrected chi connectivity index (χ3v) is 7.05.